The molecule has 0 fully saturated rings. The molecule has 0 aliphatic rings. The van der Waals surface area contributed by atoms with Gasteiger partial charge in [-0.05, 0) is 42.3 Å². The second kappa shape index (κ2) is 5.31. The Morgan fingerprint density at radius 1 is 1.22 bits per heavy atom. The van der Waals surface area contributed by atoms with Gasteiger partial charge in [-0.2, -0.15) is 0 Å². The Balaban J connectivity index is 2.41. The number of pyridine rings is 1. The van der Waals surface area contributed by atoms with Crippen LogP contribution < -0.4 is 0 Å². The van der Waals surface area contributed by atoms with Gasteiger partial charge in [0.2, 0.25) is 0 Å². The minimum atomic E-state index is -0.522. The molecule has 1 aromatic heterocycles. The van der Waals surface area contributed by atoms with Gasteiger partial charge in [0.15, 0.2) is 0 Å². The fourth-order valence-electron chi connectivity index (χ4n) is 1.63. The van der Waals surface area contributed by atoms with E-state index in [4.69, 9.17) is 4.74 Å². The molecule has 0 bridgehead atoms. The summed E-state index contributed by atoms with van der Waals surface area (Å²) in [5.74, 6) is -0.600. The number of rotatable bonds is 3. The predicted octanol–water partition coefficient (Wildman–Crippen LogP) is 2.63. The number of aromatic hydroxyl groups is 1. The molecule has 4 nitrogen and oxygen atoms in total. The molecule has 0 atom stereocenters. The van der Waals surface area contributed by atoms with Crippen LogP contribution in [0.3, 0.4) is 0 Å². The van der Waals surface area contributed by atoms with Crippen molar-refractivity contribution in [1.29, 1.82) is 0 Å². The summed E-state index contributed by atoms with van der Waals surface area (Å²) in [5, 5.41) is 9.67. The highest BCUT2D eigenvalue weighted by Gasteiger charge is 2.13. The summed E-state index contributed by atoms with van der Waals surface area (Å²) in [5.41, 5.74) is 1.93. The number of hydrogen-bond donors (Lipinski definition) is 1. The smallest absolute Gasteiger partial charge is 0.341 e. The van der Waals surface area contributed by atoms with Gasteiger partial charge in [0, 0.05) is 12.4 Å². The number of esters is 1. The van der Waals surface area contributed by atoms with Gasteiger partial charge in [0.05, 0.1) is 6.61 Å². The normalized spacial score (nSPS) is 10.1. The van der Waals surface area contributed by atoms with Crippen molar-refractivity contribution in [1.82, 2.24) is 4.98 Å². The highest BCUT2D eigenvalue weighted by Crippen LogP contribution is 2.26. The number of ether oxygens (including phenoxy) is 1. The summed E-state index contributed by atoms with van der Waals surface area (Å²) in [6, 6.07) is 8.51. The maximum absolute atomic E-state index is 11.7. The molecule has 92 valence electrons. The van der Waals surface area contributed by atoms with Crippen LogP contribution in [0.1, 0.15) is 17.3 Å². The maximum atomic E-state index is 11.7. The van der Waals surface area contributed by atoms with E-state index in [1.165, 1.54) is 6.07 Å². The van der Waals surface area contributed by atoms with Crippen molar-refractivity contribution in [3.8, 4) is 16.9 Å². The molecule has 0 unspecified atom stereocenters. The number of hydrogen-bond acceptors (Lipinski definition) is 4. The van der Waals surface area contributed by atoms with Crippen molar-refractivity contribution >= 4 is 5.97 Å². The molecule has 0 aliphatic carbocycles. The Morgan fingerprint density at radius 2 is 1.94 bits per heavy atom. The first-order valence-corrected chi connectivity index (χ1v) is 5.63. The molecule has 2 aromatic rings. The maximum Gasteiger partial charge on any atom is 0.341 e. The van der Waals surface area contributed by atoms with Crippen LogP contribution in [0.5, 0.6) is 5.75 Å². The second-order valence-corrected chi connectivity index (χ2v) is 3.69. The lowest BCUT2D eigenvalue weighted by atomic mass is 10.0. The average Bonchev–Trinajstić information content (AvgIpc) is 2.40. The van der Waals surface area contributed by atoms with Crippen LogP contribution in [0.4, 0.5) is 0 Å². The molecule has 18 heavy (non-hydrogen) atoms. The monoisotopic (exact) mass is 243 g/mol. The van der Waals surface area contributed by atoms with Crippen LogP contribution in [-0.2, 0) is 4.74 Å². The Bertz CT molecular complexity index is 552. The second-order valence-electron chi connectivity index (χ2n) is 3.69. The molecular weight excluding hydrogens is 230 g/mol. The number of phenols is 1. The minimum Gasteiger partial charge on any atom is -0.507 e. The van der Waals surface area contributed by atoms with Gasteiger partial charge < -0.3 is 9.84 Å². The fraction of sp³-hybridized carbons (Fsp3) is 0.143. The highest BCUT2D eigenvalue weighted by molar-refractivity contribution is 5.94. The van der Waals surface area contributed by atoms with Crippen molar-refractivity contribution in [2.24, 2.45) is 0 Å². The summed E-state index contributed by atoms with van der Waals surface area (Å²) in [6.45, 7) is 2.00. The van der Waals surface area contributed by atoms with Gasteiger partial charge in [-0.25, -0.2) is 4.79 Å². The van der Waals surface area contributed by atoms with E-state index in [9.17, 15) is 9.90 Å². The Hall–Kier alpha value is -2.36. The fourth-order valence-corrected chi connectivity index (χ4v) is 1.63. The molecule has 0 saturated heterocycles. The lowest BCUT2D eigenvalue weighted by Crippen LogP contribution is -2.05. The van der Waals surface area contributed by atoms with E-state index in [1.807, 2.05) is 12.1 Å². The Labute approximate surface area is 105 Å². The molecule has 0 radical (unpaired) electrons. The van der Waals surface area contributed by atoms with Crippen molar-refractivity contribution < 1.29 is 14.6 Å². The predicted molar refractivity (Wildman–Crippen MR) is 67.3 cm³/mol. The van der Waals surface area contributed by atoms with E-state index in [0.717, 1.165) is 11.1 Å². The number of aromatic nitrogens is 1. The first kappa shape index (κ1) is 12.1. The van der Waals surface area contributed by atoms with Crippen LogP contribution in [-0.4, -0.2) is 22.7 Å². The van der Waals surface area contributed by atoms with Crippen LogP contribution in [0.2, 0.25) is 0 Å². The van der Waals surface area contributed by atoms with E-state index in [1.54, 1.807) is 31.5 Å². The van der Waals surface area contributed by atoms with E-state index in [0.29, 0.717) is 0 Å². The lowest BCUT2D eigenvalue weighted by molar-refractivity contribution is 0.0523. The van der Waals surface area contributed by atoms with Crippen molar-refractivity contribution in [3.63, 3.8) is 0 Å². The van der Waals surface area contributed by atoms with Crippen molar-refractivity contribution in [2.75, 3.05) is 6.61 Å². The number of carbonyl (C=O) groups is 1. The summed E-state index contributed by atoms with van der Waals surface area (Å²) in [7, 11) is 0. The van der Waals surface area contributed by atoms with Crippen LogP contribution in [0, 0.1) is 0 Å². The quantitative estimate of drug-likeness (QED) is 0.842. The lowest BCUT2D eigenvalue weighted by Gasteiger charge is -2.07. The average molecular weight is 243 g/mol. The Kier molecular flexibility index (Phi) is 3.57. The van der Waals surface area contributed by atoms with Crippen LogP contribution in [0.15, 0.2) is 42.7 Å². The molecule has 0 saturated carbocycles. The summed E-state index contributed by atoms with van der Waals surface area (Å²) < 4.78 is 4.89. The van der Waals surface area contributed by atoms with E-state index in [2.05, 4.69) is 4.98 Å². The minimum absolute atomic E-state index is 0.0775. The zero-order chi connectivity index (χ0) is 13.0. The molecule has 0 spiro atoms. The van der Waals surface area contributed by atoms with Gasteiger partial charge in [-0.3, -0.25) is 4.98 Å². The number of carbonyl (C=O) groups excluding carboxylic acids is 1. The topological polar surface area (TPSA) is 59.4 Å². The number of benzene rings is 1. The summed E-state index contributed by atoms with van der Waals surface area (Å²) >= 11 is 0. The van der Waals surface area contributed by atoms with Gasteiger partial charge in [-0.15, -0.1) is 0 Å². The molecule has 1 aromatic carbocycles. The van der Waals surface area contributed by atoms with E-state index in [-0.39, 0.29) is 17.9 Å². The molecule has 4 heteroatoms. The molecule has 0 aliphatic heterocycles. The first-order valence-electron chi connectivity index (χ1n) is 5.63. The van der Waals surface area contributed by atoms with Gasteiger partial charge >= 0.3 is 5.97 Å². The van der Waals surface area contributed by atoms with Gasteiger partial charge in [-0.1, -0.05) is 6.07 Å². The molecule has 0 amide bonds. The van der Waals surface area contributed by atoms with Crippen LogP contribution >= 0.6 is 0 Å². The third kappa shape index (κ3) is 2.48. The largest absolute Gasteiger partial charge is 0.507 e. The zero-order valence-electron chi connectivity index (χ0n) is 9.96. The van der Waals surface area contributed by atoms with Crippen molar-refractivity contribution in [3.05, 3.63) is 48.3 Å². The molecule has 1 heterocycles. The van der Waals surface area contributed by atoms with Gasteiger partial charge in [0.25, 0.3) is 0 Å². The highest BCUT2D eigenvalue weighted by atomic mass is 16.5. The third-order valence-corrected chi connectivity index (χ3v) is 2.51. The Morgan fingerprint density at radius 3 is 2.61 bits per heavy atom. The number of phenolic OH excluding ortho intramolecular Hbond substituents is 1. The third-order valence-electron chi connectivity index (χ3n) is 2.51. The number of nitrogens with zero attached hydrogens (tertiary/aromatic N) is 1. The summed E-state index contributed by atoms with van der Waals surface area (Å²) in [6.07, 6.45) is 3.35. The molecule has 2 rings (SSSR count). The van der Waals surface area contributed by atoms with E-state index < -0.39 is 5.97 Å². The van der Waals surface area contributed by atoms with Gasteiger partial charge in [0.1, 0.15) is 11.3 Å². The summed E-state index contributed by atoms with van der Waals surface area (Å²) in [4.78, 5) is 15.6. The molecule has 1 N–H and O–H groups in total. The standard InChI is InChI=1S/C14H13NO3/c1-2-18-14(17)12-9-11(3-4-13(12)16)10-5-7-15-8-6-10/h3-9,16H,2H2,1H3. The first-order chi connectivity index (χ1) is 8.72. The SMILES string of the molecule is CCOC(=O)c1cc(-c2ccncc2)ccc1O. The van der Waals surface area contributed by atoms with E-state index >= 15 is 0 Å². The van der Waals surface area contributed by atoms with Crippen molar-refractivity contribution in [2.45, 2.75) is 6.92 Å². The molecular formula is C14H13NO3. The van der Waals surface area contributed by atoms with Crippen LogP contribution in [0.25, 0.3) is 11.1 Å². The zero-order valence-corrected chi connectivity index (χ0v) is 9.96.